The van der Waals surface area contributed by atoms with E-state index in [1.54, 1.807) is 0 Å². The molecule has 2 heteroatoms. The third kappa shape index (κ3) is 3.12. The Morgan fingerprint density at radius 1 is 1.17 bits per heavy atom. The molecular formula is C16H25NO. The van der Waals surface area contributed by atoms with E-state index in [0.717, 1.165) is 18.5 Å². The zero-order chi connectivity index (χ0) is 13.2. The molecule has 0 amide bonds. The fraction of sp³-hybridized carbons (Fsp3) is 0.625. The van der Waals surface area contributed by atoms with Gasteiger partial charge in [0.25, 0.3) is 0 Å². The third-order valence-corrected chi connectivity index (χ3v) is 3.85. The quantitative estimate of drug-likeness (QED) is 0.841. The molecule has 2 atom stereocenters. The van der Waals surface area contributed by atoms with E-state index in [4.69, 9.17) is 0 Å². The highest BCUT2D eigenvalue weighted by atomic mass is 16.3. The van der Waals surface area contributed by atoms with E-state index in [-0.39, 0.29) is 17.6 Å². The van der Waals surface area contributed by atoms with Crippen LogP contribution in [0.2, 0.25) is 0 Å². The van der Waals surface area contributed by atoms with Crippen molar-refractivity contribution >= 4 is 0 Å². The topological polar surface area (TPSA) is 32.3 Å². The molecule has 1 aliphatic heterocycles. The maximum atomic E-state index is 10.4. The van der Waals surface area contributed by atoms with Crippen molar-refractivity contribution in [2.75, 3.05) is 6.54 Å². The van der Waals surface area contributed by atoms with Crippen molar-refractivity contribution < 1.29 is 5.11 Å². The first-order chi connectivity index (χ1) is 8.48. The number of rotatable bonds is 2. The second-order valence-corrected chi connectivity index (χ2v) is 6.37. The zero-order valence-corrected chi connectivity index (χ0v) is 11.7. The number of hydrogen-bond acceptors (Lipinski definition) is 2. The lowest BCUT2D eigenvalue weighted by Crippen LogP contribution is -2.38. The minimum Gasteiger partial charge on any atom is -0.387 e. The number of hydrogen-bond donors (Lipinski definition) is 2. The van der Waals surface area contributed by atoms with Gasteiger partial charge in [-0.2, -0.15) is 0 Å². The zero-order valence-electron chi connectivity index (χ0n) is 11.7. The van der Waals surface area contributed by atoms with Gasteiger partial charge in [0.15, 0.2) is 0 Å². The van der Waals surface area contributed by atoms with E-state index in [1.165, 1.54) is 18.4 Å². The lowest BCUT2D eigenvalue weighted by atomic mass is 9.85. The van der Waals surface area contributed by atoms with Crippen molar-refractivity contribution in [1.29, 1.82) is 0 Å². The molecule has 0 aliphatic carbocycles. The van der Waals surface area contributed by atoms with Gasteiger partial charge in [0, 0.05) is 6.04 Å². The van der Waals surface area contributed by atoms with Gasteiger partial charge < -0.3 is 10.4 Å². The van der Waals surface area contributed by atoms with E-state index < -0.39 is 0 Å². The number of aliphatic hydroxyl groups excluding tert-OH is 1. The average molecular weight is 247 g/mol. The van der Waals surface area contributed by atoms with Crippen molar-refractivity contribution in [2.24, 2.45) is 0 Å². The molecule has 1 heterocycles. The molecule has 0 saturated carbocycles. The van der Waals surface area contributed by atoms with E-state index in [0.29, 0.717) is 0 Å². The van der Waals surface area contributed by atoms with Gasteiger partial charge in [0.1, 0.15) is 0 Å². The van der Waals surface area contributed by atoms with Gasteiger partial charge >= 0.3 is 0 Å². The Balaban J connectivity index is 2.09. The highest BCUT2D eigenvalue weighted by Crippen LogP contribution is 2.26. The van der Waals surface area contributed by atoms with Crippen LogP contribution in [0.25, 0.3) is 0 Å². The Morgan fingerprint density at radius 2 is 1.83 bits per heavy atom. The molecule has 18 heavy (non-hydrogen) atoms. The molecule has 2 N–H and O–H groups in total. The predicted molar refractivity (Wildman–Crippen MR) is 75.7 cm³/mol. The van der Waals surface area contributed by atoms with Crippen LogP contribution in [0.1, 0.15) is 57.3 Å². The van der Waals surface area contributed by atoms with Gasteiger partial charge in [-0.15, -0.1) is 0 Å². The molecule has 1 aliphatic rings. The van der Waals surface area contributed by atoms with Crippen LogP contribution in [0.5, 0.6) is 0 Å². The lowest BCUT2D eigenvalue weighted by molar-refractivity contribution is 0.114. The molecular weight excluding hydrogens is 222 g/mol. The Bertz CT molecular complexity index is 371. The number of benzene rings is 1. The standard InChI is InChI=1S/C16H25NO/c1-16(2,3)13-9-7-12(8-10-13)15(18)14-6-4-5-11-17-14/h7-10,14-15,17-18H,4-6,11H2,1-3H3. The monoisotopic (exact) mass is 247 g/mol. The van der Waals surface area contributed by atoms with E-state index in [9.17, 15) is 5.11 Å². The Kier molecular flexibility index (Phi) is 4.08. The van der Waals surface area contributed by atoms with Crippen LogP contribution in [0, 0.1) is 0 Å². The minimum atomic E-state index is -0.376. The minimum absolute atomic E-state index is 0.173. The van der Waals surface area contributed by atoms with Gasteiger partial charge in [-0.1, -0.05) is 51.5 Å². The molecule has 1 fully saturated rings. The summed E-state index contributed by atoms with van der Waals surface area (Å²) in [6.07, 6.45) is 3.14. The summed E-state index contributed by atoms with van der Waals surface area (Å²) in [5, 5.41) is 13.8. The molecule has 100 valence electrons. The first-order valence-electron chi connectivity index (χ1n) is 7.00. The van der Waals surface area contributed by atoms with Crippen LogP contribution >= 0.6 is 0 Å². The van der Waals surface area contributed by atoms with Crippen molar-refractivity contribution in [3.63, 3.8) is 0 Å². The Labute approximate surface area is 110 Å². The summed E-state index contributed by atoms with van der Waals surface area (Å²) < 4.78 is 0. The molecule has 0 radical (unpaired) electrons. The summed E-state index contributed by atoms with van der Waals surface area (Å²) in [5.74, 6) is 0. The molecule has 0 spiro atoms. The maximum absolute atomic E-state index is 10.4. The number of nitrogens with one attached hydrogen (secondary N) is 1. The normalized spacial score (nSPS) is 22.8. The second-order valence-electron chi connectivity index (χ2n) is 6.37. The maximum Gasteiger partial charge on any atom is 0.0942 e. The van der Waals surface area contributed by atoms with Crippen LogP contribution < -0.4 is 5.32 Å². The third-order valence-electron chi connectivity index (χ3n) is 3.85. The summed E-state index contributed by atoms with van der Waals surface area (Å²) >= 11 is 0. The SMILES string of the molecule is CC(C)(C)c1ccc(C(O)C2CCCCN2)cc1. The average Bonchev–Trinajstić information content (AvgIpc) is 2.38. The molecule has 2 unspecified atom stereocenters. The van der Waals surface area contributed by atoms with Crippen LogP contribution in [0.15, 0.2) is 24.3 Å². The van der Waals surface area contributed by atoms with Gasteiger partial charge in [-0.25, -0.2) is 0 Å². The summed E-state index contributed by atoms with van der Waals surface area (Å²) in [6.45, 7) is 7.66. The predicted octanol–water partition coefficient (Wildman–Crippen LogP) is 3.16. The fourth-order valence-corrected chi connectivity index (χ4v) is 2.56. The van der Waals surface area contributed by atoms with Gasteiger partial charge in [-0.3, -0.25) is 0 Å². The van der Waals surface area contributed by atoms with Crippen LogP contribution in [0.3, 0.4) is 0 Å². The number of piperidine rings is 1. The second kappa shape index (κ2) is 5.41. The molecule has 2 rings (SSSR count). The Morgan fingerprint density at radius 3 is 2.33 bits per heavy atom. The fourth-order valence-electron chi connectivity index (χ4n) is 2.56. The molecule has 0 bridgehead atoms. The van der Waals surface area contributed by atoms with Crippen molar-refractivity contribution in [1.82, 2.24) is 5.32 Å². The molecule has 2 nitrogen and oxygen atoms in total. The van der Waals surface area contributed by atoms with E-state index in [1.807, 2.05) is 0 Å². The molecule has 0 aromatic heterocycles. The van der Waals surface area contributed by atoms with Crippen LogP contribution in [0.4, 0.5) is 0 Å². The molecule has 1 aromatic carbocycles. The van der Waals surface area contributed by atoms with Crippen molar-refractivity contribution in [2.45, 2.75) is 57.6 Å². The van der Waals surface area contributed by atoms with Crippen molar-refractivity contribution in [3.05, 3.63) is 35.4 Å². The summed E-state index contributed by atoms with van der Waals surface area (Å²) in [4.78, 5) is 0. The largest absolute Gasteiger partial charge is 0.387 e. The van der Waals surface area contributed by atoms with Gasteiger partial charge in [0.2, 0.25) is 0 Å². The van der Waals surface area contributed by atoms with E-state index >= 15 is 0 Å². The summed E-state index contributed by atoms with van der Waals surface area (Å²) in [5.41, 5.74) is 2.52. The van der Waals surface area contributed by atoms with Gasteiger partial charge in [-0.05, 0) is 35.9 Å². The van der Waals surface area contributed by atoms with Gasteiger partial charge in [0.05, 0.1) is 6.10 Å². The number of aliphatic hydroxyl groups is 1. The summed E-state index contributed by atoms with van der Waals surface area (Å²) in [7, 11) is 0. The summed E-state index contributed by atoms with van der Waals surface area (Å²) in [6, 6.07) is 8.64. The lowest BCUT2D eigenvalue weighted by Gasteiger charge is -2.28. The van der Waals surface area contributed by atoms with E-state index in [2.05, 4.69) is 50.4 Å². The highest BCUT2D eigenvalue weighted by Gasteiger charge is 2.23. The molecule has 1 saturated heterocycles. The van der Waals surface area contributed by atoms with Crippen LogP contribution in [-0.4, -0.2) is 17.7 Å². The first kappa shape index (κ1) is 13.6. The van der Waals surface area contributed by atoms with Crippen LogP contribution in [-0.2, 0) is 5.41 Å². The first-order valence-corrected chi connectivity index (χ1v) is 7.00. The highest BCUT2D eigenvalue weighted by molar-refractivity contribution is 5.29. The Hall–Kier alpha value is -0.860. The smallest absolute Gasteiger partial charge is 0.0942 e. The van der Waals surface area contributed by atoms with Crippen molar-refractivity contribution in [3.8, 4) is 0 Å². The molecule has 1 aromatic rings.